The SMILES string of the molecule is Clc1c(-c2ccccc2)nc2n1CCCN2. The lowest BCUT2D eigenvalue weighted by atomic mass is 10.2. The van der Waals surface area contributed by atoms with Crippen molar-refractivity contribution in [1.82, 2.24) is 9.55 Å². The number of imidazole rings is 1. The van der Waals surface area contributed by atoms with Crippen LogP contribution < -0.4 is 5.32 Å². The van der Waals surface area contributed by atoms with Crippen LogP contribution in [0.3, 0.4) is 0 Å². The van der Waals surface area contributed by atoms with Gasteiger partial charge in [0.25, 0.3) is 0 Å². The Morgan fingerprint density at radius 1 is 1.25 bits per heavy atom. The number of anilines is 1. The van der Waals surface area contributed by atoms with Crippen molar-refractivity contribution in [3.8, 4) is 11.3 Å². The molecule has 0 aliphatic carbocycles. The maximum Gasteiger partial charge on any atom is 0.204 e. The average Bonchev–Trinajstić information content (AvgIpc) is 2.69. The van der Waals surface area contributed by atoms with Crippen molar-refractivity contribution in [3.05, 3.63) is 35.5 Å². The van der Waals surface area contributed by atoms with Crippen LogP contribution >= 0.6 is 11.6 Å². The Labute approximate surface area is 99.1 Å². The maximum absolute atomic E-state index is 6.34. The summed E-state index contributed by atoms with van der Waals surface area (Å²) in [6.45, 7) is 1.92. The molecule has 0 amide bonds. The van der Waals surface area contributed by atoms with Gasteiger partial charge in [0.05, 0.1) is 0 Å². The van der Waals surface area contributed by atoms with Crippen LogP contribution in [0, 0.1) is 0 Å². The predicted octanol–water partition coefficient (Wildman–Crippen LogP) is 3.02. The minimum Gasteiger partial charge on any atom is -0.356 e. The molecule has 0 fully saturated rings. The second-order valence-electron chi connectivity index (χ2n) is 3.87. The zero-order valence-electron chi connectivity index (χ0n) is 8.78. The smallest absolute Gasteiger partial charge is 0.204 e. The summed E-state index contributed by atoms with van der Waals surface area (Å²) in [5, 5.41) is 3.99. The zero-order chi connectivity index (χ0) is 11.0. The third kappa shape index (κ3) is 1.48. The van der Waals surface area contributed by atoms with Crippen LogP contribution in [0.5, 0.6) is 0 Å². The van der Waals surface area contributed by atoms with Crippen molar-refractivity contribution >= 4 is 17.5 Å². The second-order valence-corrected chi connectivity index (χ2v) is 4.23. The Kier molecular flexibility index (Phi) is 2.33. The molecule has 0 atom stereocenters. The minimum absolute atomic E-state index is 0.730. The molecule has 82 valence electrons. The second kappa shape index (κ2) is 3.83. The topological polar surface area (TPSA) is 29.9 Å². The van der Waals surface area contributed by atoms with Gasteiger partial charge in [-0.3, -0.25) is 0 Å². The fraction of sp³-hybridized carbons (Fsp3) is 0.250. The van der Waals surface area contributed by atoms with E-state index in [1.165, 1.54) is 0 Å². The van der Waals surface area contributed by atoms with Gasteiger partial charge < -0.3 is 9.88 Å². The third-order valence-corrected chi connectivity index (χ3v) is 3.18. The molecule has 1 aliphatic rings. The summed E-state index contributed by atoms with van der Waals surface area (Å²) in [7, 11) is 0. The molecule has 1 aromatic heterocycles. The normalized spacial score (nSPS) is 14.3. The van der Waals surface area contributed by atoms with Crippen LogP contribution in [0.4, 0.5) is 5.95 Å². The molecule has 0 radical (unpaired) electrons. The van der Waals surface area contributed by atoms with Gasteiger partial charge in [-0.2, -0.15) is 0 Å². The Morgan fingerprint density at radius 2 is 2.06 bits per heavy atom. The molecule has 2 heterocycles. The molecule has 1 N–H and O–H groups in total. The first-order valence-electron chi connectivity index (χ1n) is 5.41. The lowest BCUT2D eigenvalue weighted by Gasteiger charge is -2.15. The van der Waals surface area contributed by atoms with Crippen molar-refractivity contribution in [1.29, 1.82) is 0 Å². The molecule has 0 saturated carbocycles. The first kappa shape index (κ1) is 9.73. The standard InChI is InChI=1S/C12H12ClN3/c13-11-10(9-5-2-1-3-6-9)15-12-14-7-4-8-16(11)12/h1-3,5-6H,4,7-8H2,(H,14,15). The molecule has 2 aromatic rings. The number of halogens is 1. The minimum atomic E-state index is 0.730. The van der Waals surface area contributed by atoms with Crippen LogP contribution in [0.15, 0.2) is 30.3 Å². The van der Waals surface area contributed by atoms with Crippen molar-refractivity contribution in [3.63, 3.8) is 0 Å². The number of nitrogens with zero attached hydrogens (tertiary/aromatic N) is 2. The highest BCUT2D eigenvalue weighted by Crippen LogP contribution is 2.31. The fourth-order valence-electron chi connectivity index (χ4n) is 1.99. The number of aromatic nitrogens is 2. The van der Waals surface area contributed by atoms with E-state index in [-0.39, 0.29) is 0 Å². The largest absolute Gasteiger partial charge is 0.356 e. The molecule has 4 heteroatoms. The molecule has 0 bridgehead atoms. The molecule has 0 spiro atoms. The quantitative estimate of drug-likeness (QED) is 0.821. The van der Waals surface area contributed by atoms with Crippen LogP contribution in [-0.4, -0.2) is 16.1 Å². The molecular formula is C12H12ClN3. The van der Waals surface area contributed by atoms with Crippen LogP contribution in [-0.2, 0) is 6.54 Å². The Balaban J connectivity index is 2.12. The molecule has 0 unspecified atom stereocenters. The summed E-state index contributed by atoms with van der Waals surface area (Å²) in [6, 6.07) is 10.0. The molecule has 0 saturated heterocycles. The Bertz CT molecular complexity index is 504. The van der Waals surface area contributed by atoms with E-state index < -0.39 is 0 Å². The molecule has 3 nitrogen and oxygen atoms in total. The van der Waals surface area contributed by atoms with E-state index in [1.807, 2.05) is 34.9 Å². The Hall–Kier alpha value is -1.48. The average molecular weight is 234 g/mol. The van der Waals surface area contributed by atoms with E-state index in [4.69, 9.17) is 11.6 Å². The summed E-state index contributed by atoms with van der Waals surface area (Å²) in [5.74, 6) is 0.884. The molecule has 16 heavy (non-hydrogen) atoms. The van der Waals surface area contributed by atoms with Gasteiger partial charge in [0, 0.05) is 18.7 Å². The van der Waals surface area contributed by atoms with Crippen LogP contribution in [0.2, 0.25) is 5.15 Å². The highest BCUT2D eigenvalue weighted by Gasteiger charge is 2.18. The van der Waals surface area contributed by atoms with E-state index in [2.05, 4.69) is 10.3 Å². The van der Waals surface area contributed by atoms with Gasteiger partial charge in [0.15, 0.2) is 0 Å². The molecule has 1 aliphatic heterocycles. The maximum atomic E-state index is 6.34. The highest BCUT2D eigenvalue weighted by atomic mass is 35.5. The molecular weight excluding hydrogens is 222 g/mol. The number of hydrogen-bond donors (Lipinski definition) is 1. The molecule has 3 rings (SSSR count). The highest BCUT2D eigenvalue weighted by molar-refractivity contribution is 6.32. The van der Waals surface area contributed by atoms with Crippen LogP contribution in [0.1, 0.15) is 6.42 Å². The zero-order valence-corrected chi connectivity index (χ0v) is 9.54. The van der Waals surface area contributed by atoms with E-state index >= 15 is 0 Å². The van der Waals surface area contributed by atoms with Gasteiger partial charge in [-0.05, 0) is 6.42 Å². The van der Waals surface area contributed by atoms with Crippen molar-refractivity contribution in [2.45, 2.75) is 13.0 Å². The van der Waals surface area contributed by atoms with Gasteiger partial charge in [-0.25, -0.2) is 4.98 Å². The summed E-state index contributed by atoms with van der Waals surface area (Å²) >= 11 is 6.34. The summed E-state index contributed by atoms with van der Waals surface area (Å²) in [5.41, 5.74) is 1.93. The lowest BCUT2D eigenvalue weighted by Crippen LogP contribution is -2.17. The van der Waals surface area contributed by atoms with E-state index in [0.717, 1.165) is 41.9 Å². The van der Waals surface area contributed by atoms with Gasteiger partial charge in [0.1, 0.15) is 10.8 Å². The van der Waals surface area contributed by atoms with Gasteiger partial charge in [-0.15, -0.1) is 0 Å². The number of rotatable bonds is 1. The van der Waals surface area contributed by atoms with E-state index in [1.54, 1.807) is 0 Å². The molecule has 1 aromatic carbocycles. The third-order valence-electron chi connectivity index (χ3n) is 2.79. The first-order valence-corrected chi connectivity index (χ1v) is 5.79. The van der Waals surface area contributed by atoms with Crippen molar-refractivity contribution in [2.24, 2.45) is 0 Å². The summed E-state index contributed by atoms with van der Waals surface area (Å²) < 4.78 is 2.04. The predicted molar refractivity (Wildman–Crippen MR) is 65.8 cm³/mol. The van der Waals surface area contributed by atoms with Crippen LogP contribution in [0.25, 0.3) is 11.3 Å². The fourth-order valence-corrected chi connectivity index (χ4v) is 2.31. The number of benzene rings is 1. The van der Waals surface area contributed by atoms with E-state index in [9.17, 15) is 0 Å². The van der Waals surface area contributed by atoms with Crippen molar-refractivity contribution < 1.29 is 0 Å². The van der Waals surface area contributed by atoms with Gasteiger partial charge in [0.2, 0.25) is 5.95 Å². The number of hydrogen-bond acceptors (Lipinski definition) is 2. The number of nitrogens with one attached hydrogen (secondary N) is 1. The summed E-state index contributed by atoms with van der Waals surface area (Å²) in [4.78, 5) is 4.54. The van der Waals surface area contributed by atoms with E-state index in [0.29, 0.717) is 0 Å². The lowest BCUT2D eigenvalue weighted by molar-refractivity contribution is 0.628. The van der Waals surface area contributed by atoms with Crippen molar-refractivity contribution in [2.75, 3.05) is 11.9 Å². The summed E-state index contributed by atoms with van der Waals surface area (Å²) in [6.07, 6.45) is 1.09. The number of fused-ring (bicyclic) bond motifs is 1. The monoisotopic (exact) mass is 233 g/mol. The van der Waals surface area contributed by atoms with Gasteiger partial charge >= 0.3 is 0 Å². The van der Waals surface area contributed by atoms with Gasteiger partial charge in [-0.1, -0.05) is 41.9 Å². The first-order chi connectivity index (χ1) is 7.86. The Morgan fingerprint density at radius 3 is 2.81 bits per heavy atom.